The zero-order valence-electron chi connectivity index (χ0n) is 16.4. The largest absolute Gasteiger partial charge is 0.497 e. The number of imide groups is 1. The molecule has 0 unspecified atom stereocenters. The number of benzene rings is 2. The van der Waals surface area contributed by atoms with Gasteiger partial charge in [0, 0.05) is 23.6 Å². The van der Waals surface area contributed by atoms with Gasteiger partial charge in [-0.3, -0.25) is 34.9 Å². The van der Waals surface area contributed by atoms with Crippen LogP contribution < -0.4 is 15.6 Å². The molecule has 1 saturated heterocycles. The average molecular weight is 460 g/mol. The first-order valence-electron chi connectivity index (χ1n) is 9.11. The Morgan fingerprint density at radius 1 is 1.13 bits per heavy atom. The number of carbonyl (C=O) groups is 4. The molecular formula is C21H18ClN3O5S. The molecule has 0 radical (unpaired) electrons. The van der Waals surface area contributed by atoms with Crippen LogP contribution in [0, 0.1) is 0 Å². The van der Waals surface area contributed by atoms with Crippen molar-refractivity contribution < 1.29 is 23.9 Å². The van der Waals surface area contributed by atoms with Crippen LogP contribution in [0.4, 0.5) is 4.79 Å². The van der Waals surface area contributed by atoms with E-state index in [2.05, 4.69) is 10.9 Å². The number of methoxy groups -OCH3 is 1. The number of carbonyl (C=O) groups excluding carboxylic acids is 4. The van der Waals surface area contributed by atoms with E-state index in [1.165, 1.54) is 13.2 Å². The number of thioether (sulfide) groups is 1. The van der Waals surface area contributed by atoms with Crippen molar-refractivity contribution in [1.82, 2.24) is 15.8 Å². The molecule has 1 fully saturated rings. The summed E-state index contributed by atoms with van der Waals surface area (Å²) in [4.78, 5) is 50.0. The fraction of sp³-hybridized carbons (Fsp3) is 0.143. The molecule has 4 amide bonds. The Hall–Kier alpha value is -3.30. The van der Waals surface area contributed by atoms with Crippen LogP contribution in [0.5, 0.6) is 5.75 Å². The molecule has 2 aromatic carbocycles. The van der Waals surface area contributed by atoms with E-state index in [1.807, 2.05) is 0 Å². The van der Waals surface area contributed by atoms with E-state index in [1.54, 1.807) is 48.5 Å². The van der Waals surface area contributed by atoms with Gasteiger partial charge in [-0.05, 0) is 53.7 Å². The zero-order chi connectivity index (χ0) is 22.4. The van der Waals surface area contributed by atoms with Crippen LogP contribution in [0.1, 0.15) is 22.3 Å². The van der Waals surface area contributed by atoms with E-state index in [-0.39, 0.29) is 23.4 Å². The van der Waals surface area contributed by atoms with Gasteiger partial charge in [-0.1, -0.05) is 29.8 Å². The number of ether oxygens (including phenoxy) is 1. The average Bonchev–Trinajstić information content (AvgIpc) is 3.03. The maximum absolute atomic E-state index is 12.5. The fourth-order valence-electron chi connectivity index (χ4n) is 2.68. The molecule has 0 spiro atoms. The number of halogens is 1. The number of hydrogen-bond acceptors (Lipinski definition) is 6. The first kappa shape index (κ1) is 22.4. The van der Waals surface area contributed by atoms with Crippen LogP contribution in [-0.2, 0) is 9.59 Å². The van der Waals surface area contributed by atoms with Crippen LogP contribution >= 0.6 is 23.4 Å². The molecule has 0 aromatic heterocycles. The number of hydrogen-bond donors (Lipinski definition) is 2. The molecule has 1 heterocycles. The van der Waals surface area contributed by atoms with Gasteiger partial charge in [0.1, 0.15) is 5.75 Å². The fourth-order valence-corrected chi connectivity index (χ4v) is 3.73. The minimum Gasteiger partial charge on any atom is -0.497 e. The maximum Gasteiger partial charge on any atom is 0.293 e. The second-order valence-corrected chi connectivity index (χ2v) is 7.80. The topological polar surface area (TPSA) is 105 Å². The summed E-state index contributed by atoms with van der Waals surface area (Å²) in [7, 11) is 1.54. The van der Waals surface area contributed by atoms with Crippen molar-refractivity contribution in [3.8, 4) is 5.75 Å². The van der Waals surface area contributed by atoms with Gasteiger partial charge in [-0.25, -0.2) is 0 Å². The molecule has 0 aliphatic carbocycles. The number of nitrogens with zero attached hydrogens (tertiary/aromatic N) is 1. The lowest BCUT2D eigenvalue weighted by atomic mass is 10.2. The summed E-state index contributed by atoms with van der Waals surface area (Å²) in [5.74, 6) is -0.938. The SMILES string of the molecule is COc1cccc(/C=C2/SC(=O)N(CCC(=O)NNC(=O)c3cccc(Cl)c3)C2=O)c1. The van der Waals surface area contributed by atoms with Crippen LogP contribution in [0.15, 0.2) is 53.4 Å². The molecule has 1 aliphatic rings. The van der Waals surface area contributed by atoms with E-state index in [4.69, 9.17) is 16.3 Å². The highest BCUT2D eigenvalue weighted by Crippen LogP contribution is 2.32. The zero-order valence-corrected chi connectivity index (χ0v) is 18.0. The van der Waals surface area contributed by atoms with Gasteiger partial charge in [0.05, 0.1) is 12.0 Å². The molecule has 2 N–H and O–H groups in total. The Bertz CT molecular complexity index is 1070. The second kappa shape index (κ2) is 10.1. The molecule has 0 saturated carbocycles. The summed E-state index contributed by atoms with van der Waals surface area (Å²) in [6.07, 6.45) is 1.43. The third-order valence-corrected chi connectivity index (χ3v) is 5.37. The molecule has 3 rings (SSSR count). The first-order valence-corrected chi connectivity index (χ1v) is 10.3. The van der Waals surface area contributed by atoms with E-state index in [9.17, 15) is 19.2 Å². The molecule has 160 valence electrons. The van der Waals surface area contributed by atoms with E-state index >= 15 is 0 Å². The third-order valence-electron chi connectivity index (χ3n) is 4.23. The van der Waals surface area contributed by atoms with Crippen molar-refractivity contribution >= 4 is 52.4 Å². The summed E-state index contributed by atoms with van der Waals surface area (Å²) in [5, 5.41) is -0.0738. The Balaban J connectivity index is 1.53. The minimum absolute atomic E-state index is 0.112. The van der Waals surface area contributed by atoms with Gasteiger partial charge < -0.3 is 4.74 Å². The molecule has 0 bridgehead atoms. The van der Waals surface area contributed by atoms with Gasteiger partial charge in [0.15, 0.2) is 0 Å². The molecular weight excluding hydrogens is 442 g/mol. The Morgan fingerprint density at radius 2 is 1.90 bits per heavy atom. The second-order valence-electron chi connectivity index (χ2n) is 6.37. The number of amides is 4. The lowest BCUT2D eigenvalue weighted by molar-refractivity contribution is -0.124. The number of nitrogens with one attached hydrogen (secondary N) is 2. The highest BCUT2D eigenvalue weighted by atomic mass is 35.5. The standard InChI is InChI=1S/C21H18ClN3O5S/c1-30-16-7-2-4-13(10-16)11-17-20(28)25(21(29)31-17)9-8-18(26)23-24-19(27)14-5-3-6-15(22)12-14/h2-7,10-12H,8-9H2,1H3,(H,23,26)(H,24,27)/b17-11+. The lowest BCUT2D eigenvalue weighted by Gasteiger charge is -2.12. The van der Waals surface area contributed by atoms with Gasteiger partial charge >= 0.3 is 0 Å². The predicted octanol–water partition coefficient (Wildman–Crippen LogP) is 3.24. The minimum atomic E-state index is -0.550. The third kappa shape index (κ3) is 5.87. The van der Waals surface area contributed by atoms with Crippen molar-refractivity contribution in [3.63, 3.8) is 0 Å². The Morgan fingerprint density at radius 3 is 2.65 bits per heavy atom. The van der Waals surface area contributed by atoms with Crippen LogP contribution in [-0.4, -0.2) is 41.5 Å². The van der Waals surface area contributed by atoms with E-state index in [0.29, 0.717) is 16.3 Å². The normalized spacial score (nSPS) is 14.6. The summed E-state index contributed by atoms with van der Waals surface area (Å²) in [6, 6.07) is 13.3. The van der Waals surface area contributed by atoms with E-state index in [0.717, 1.165) is 16.7 Å². The summed E-state index contributed by atoms with van der Waals surface area (Å²) < 4.78 is 5.15. The highest BCUT2D eigenvalue weighted by Gasteiger charge is 2.35. The van der Waals surface area contributed by atoms with Crippen LogP contribution in [0.25, 0.3) is 6.08 Å². The molecule has 8 nitrogen and oxygen atoms in total. The van der Waals surface area contributed by atoms with E-state index < -0.39 is 23.0 Å². The van der Waals surface area contributed by atoms with Gasteiger partial charge in [0.2, 0.25) is 5.91 Å². The predicted molar refractivity (Wildman–Crippen MR) is 117 cm³/mol. The van der Waals surface area contributed by atoms with Crippen molar-refractivity contribution in [2.75, 3.05) is 13.7 Å². The number of hydrazine groups is 1. The number of rotatable bonds is 6. The monoisotopic (exact) mass is 459 g/mol. The van der Waals surface area contributed by atoms with Crippen molar-refractivity contribution in [3.05, 3.63) is 69.6 Å². The summed E-state index contributed by atoms with van der Waals surface area (Å²) in [6.45, 7) is -0.112. The smallest absolute Gasteiger partial charge is 0.293 e. The van der Waals surface area contributed by atoms with Crippen LogP contribution in [0.3, 0.4) is 0 Å². The molecule has 10 heteroatoms. The van der Waals surface area contributed by atoms with Crippen molar-refractivity contribution in [2.24, 2.45) is 0 Å². The maximum atomic E-state index is 12.5. The lowest BCUT2D eigenvalue weighted by Crippen LogP contribution is -2.43. The molecule has 31 heavy (non-hydrogen) atoms. The summed E-state index contributed by atoms with van der Waals surface area (Å²) >= 11 is 6.63. The molecule has 2 aromatic rings. The van der Waals surface area contributed by atoms with Crippen molar-refractivity contribution in [1.29, 1.82) is 0 Å². The van der Waals surface area contributed by atoms with Crippen LogP contribution in [0.2, 0.25) is 5.02 Å². The van der Waals surface area contributed by atoms with Gasteiger partial charge in [-0.2, -0.15) is 0 Å². The van der Waals surface area contributed by atoms with Gasteiger partial charge in [0.25, 0.3) is 17.1 Å². The summed E-state index contributed by atoms with van der Waals surface area (Å²) in [5.41, 5.74) is 5.51. The van der Waals surface area contributed by atoms with Crippen molar-refractivity contribution in [2.45, 2.75) is 6.42 Å². The highest BCUT2D eigenvalue weighted by molar-refractivity contribution is 8.18. The Kier molecular flexibility index (Phi) is 7.32. The Labute approximate surface area is 187 Å². The quantitative estimate of drug-likeness (QED) is 0.507. The first-order chi connectivity index (χ1) is 14.9. The molecule has 1 aliphatic heterocycles. The van der Waals surface area contributed by atoms with Gasteiger partial charge in [-0.15, -0.1) is 0 Å². The molecule has 0 atom stereocenters.